The van der Waals surface area contributed by atoms with Gasteiger partial charge in [-0.2, -0.15) is 0 Å². The topological polar surface area (TPSA) is 146 Å². The van der Waals surface area contributed by atoms with Crippen molar-refractivity contribution in [2.45, 2.75) is 0 Å². The first-order valence-electron chi connectivity index (χ1n) is 6.68. The summed E-state index contributed by atoms with van der Waals surface area (Å²) in [5, 5.41) is 17.2. The van der Waals surface area contributed by atoms with Gasteiger partial charge < -0.3 is 15.0 Å². The van der Waals surface area contributed by atoms with Crippen molar-refractivity contribution in [2.24, 2.45) is 5.11 Å². The Morgan fingerprint density at radius 3 is 2.88 bits per heavy atom. The quantitative estimate of drug-likeness (QED) is 0.221. The predicted molar refractivity (Wildman–Crippen MR) is 85.7 cm³/mol. The average molecular weight is 326 g/mol. The molecule has 2 aromatic rings. The highest BCUT2D eigenvalue weighted by atomic mass is 16.6. The SMILES string of the molecule is COc1cc[nH]c1/C=C1\C(=O)Nc2ccc([N+](=O)[O-])c(N=[N+]=[N-])c21. The van der Waals surface area contributed by atoms with Gasteiger partial charge in [0.2, 0.25) is 0 Å². The number of H-pyrrole nitrogens is 1. The Morgan fingerprint density at radius 1 is 1.42 bits per heavy atom. The monoisotopic (exact) mass is 326 g/mol. The van der Waals surface area contributed by atoms with Crippen molar-refractivity contribution in [3.63, 3.8) is 0 Å². The second kappa shape index (κ2) is 5.78. The molecule has 0 bridgehead atoms. The summed E-state index contributed by atoms with van der Waals surface area (Å²) in [7, 11) is 1.48. The molecule has 10 nitrogen and oxygen atoms in total. The molecule has 2 heterocycles. The lowest BCUT2D eigenvalue weighted by molar-refractivity contribution is -0.384. The summed E-state index contributed by atoms with van der Waals surface area (Å²) < 4.78 is 5.16. The predicted octanol–water partition coefficient (Wildman–Crippen LogP) is 3.37. The lowest BCUT2D eigenvalue weighted by atomic mass is 10.0. The second-order valence-corrected chi connectivity index (χ2v) is 4.77. The fourth-order valence-electron chi connectivity index (χ4n) is 2.49. The van der Waals surface area contributed by atoms with Crippen LogP contribution in [0.1, 0.15) is 11.3 Å². The molecule has 1 aromatic heterocycles. The zero-order chi connectivity index (χ0) is 17.3. The zero-order valence-electron chi connectivity index (χ0n) is 12.3. The number of methoxy groups -OCH3 is 1. The van der Waals surface area contributed by atoms with Crippen LogP contribution >= 0.6 is 0 Å². The smallest absolute Gasteiger partial charge is 0.279 e. The molecule has 3 rings (SSSR count). The summed E-state index contributed by atoms with van der Waals surface area (Å²) in [5.74, 6) is 0.0380. The molecule has 0 spiro atoms. The number of carbonyl (C=O) groups excluding carboxylic acids is 1. The van der Waals surface area contributed by atoms with E-state index in [0.29, 0.717) is 17.1 Å². The largest absolute Gasteiger partial charge is 0.495 e. The fraction of sp³-hybridized carbons (Fsp3) is 0.0714. The van der Waals surface area contributed by atoms with Gasteiger partial charge in [-0.3, -0.25) is 14.9 Å². The number of nitrogens with one attached hydrogen (secondary N) is 2. The van der Waals surface area contributed by atoms with E-state index < -0.39 is 10.8 Å². The number of nitro benzene ring substituents is 1. The lowest BCUT2D eigenvalue weighted by Gasteiger charge is -2.04. The second-order valence-electron chi connectivity index (χ2n) is 4.77. The van der Waals surface area contributed by atoms with Crippen molar-refractivity contribution >= 4 is 34.6 Å². The van der Waals surface area contributed by atoms with E-state index in [0.717, 1.165) is 0 Å². The molecule has 1 aromatic carbocycles. The number of hydrogen-bond donors (Lipinski definition) is 2. The van der Waals surface area contributed by atoms with Crippen LogP contribution in [0.4, 0.5) is 17.1 Å². The van der Waals surface area contributed by atoms with Crippen LogP contribution < -0.4 is 10.1 Å². The van der Waals surface area contributed by atoms with Crippen LogP contribution in [0, 0.1) is 10.1 Å². The van der Waals surface area contributed by atoms with Gasteiger partial charge in [-0.1, -0.05) is 5.11 Å². The van der Waals surface area contributed by atoms with E-state index >= 15 is 0 Å². The van der Waals surface area contributed by atoms with Gasteiger partial charge in [-0.25, -0.2) is 0 Å². The van der Waals surface area contributed by atoms with Gasteiger partial charge in [0.25, 0.3) is 11.6 Å². The maximum absolute atomic E-state index is 12.3. The molecule has 120 valence electrons. The number of rotatable bonds is 4. The van der Waals surface area contributed by atoms with E-state index in [1.807, 2.05) is 0 Å². The van der Waals surface area contributed by atoms with E-state index in [9.17, 15) is 14.9 Å². The van der Waals surface area contributed by atoms with Crippen molar-refractivity contribution in [1.29, 1.82) is 0 Å². The number of hydrogen-bond acceptors (Lipinski definition) is 5. The number of nitro groups is 1. The van der Waals surface area contributed by atoms with E-state index in [1.54, 1.807) is 12.3 Å². The number of nitrogens with zero attached hydrogens (tertiary/aromatic N) is 4. The minimum atomic E-state index is -0.667. The number of fused-ring (bicyclic) bond motifs is 1. The van der Waals surface area contributed by atoms with E-state index in [4.69, 9.17) is 10.3 Å². The Balaban J connectivity index is 2.27. The Labute approximate surface area is 134 Å². The minimum Gasteiger partial charge on any atom is -0.495 e. The fourth-order valence-corrected chi connectivity index (χ4v) is 2.49. The number of aromatic amines is 1. The van der Waals surface area contributed by atoms with Crippen molar-refractivity contribution in [3.8, 4) is 5.75 Å². The minimum absolute atomic E-state index is 0.136. The first-order chi connectivity index (χ1) is 11.6. The summed E-state index contributed by atoms with van der Waals surface area (Å²) in [6.07, 6.45) is 3.11. The van der Waals surface area contributed by atoms with Gasteiger partial charge >= 0.3 is 0 Å². The van der Waals surface area contributed by atoms with Crippen LogP contribution in [0.3, 0.4) is 0 Å². The van der Waals surface area contributed by atoms with Crippen LogP contribution in [0.15, 0.2) is 29.5 Å². The number of azide groups is 1. The zero-order valence-corrected chi connectivity index (χ0v) is 12.3. The van der Waals surface area contributed by atoms with Crippen LogP contribution in [0.2, 0.25) is 0 Å². The molecule has 0 atom stereocenters. The van der Waals surface area contributed by atoms with Crippen LogP contribution in [0.5, 0.6) is 5.75 Å². The van der Waals surface area contributed by atoms with Gasteiger partial charge in [0.05, 0.1) is 29.0 Å². The average Bonchev–Trinajstić information content (AvgIpc) is 3.12. The molecule has 0 radical (unpaired) electrons. The molecule has 24 heavy (non-hydrogen) atoms. The third kappa shape index (κ3) is 2.32. The Bertz CT molecular complexity index is 939. The number of aromatic nitrogens is 1. The molecule has 0 aliphatic carbocycles. The van der Waals surface area contributed by atoms with Gasteiger partial charge in [-0.15, -0.1) is 0 Å². The molecule has 0 saturated carbocycles. The van der Waals surface area contributed by atoms with Crippen LogP contribution in [-0.2, 0) is 4.79 Å². The van der Waals surface area contributed by atoms with Gasteiger partial charge in [-0.05, 0) is 23.7 Å². The van der Waals surface area contributed by atoms with Gasteiger partial charge in [0.1, 0.15) is 11.4 Å². The first kappa shape index (κ1) is 15.1. The standard InChI is InChI=1S/C14H10N6O4/c1-24-11-4-5-16-9(11)6-7-12-8(17-14(7)21)2-3-10(20(22)23)13(12)18-19-15/h2-6,16H,1H3,(H,17,21)/b7-6-. The summed E-state index contributed by atoms with van der Waals surface area (Å²) >= 11 is 0. The normalized spacial score (nSPS) is 14.0. The van der Waals surface area contributed by atoms with E-state index in [1.165, 1.54) is 25.3 Å². The number of amides is 1. The summed E-state index contributed by atoms with van der Waals surface area (Å²) in [6.45, 7) is 0. The molecule has 1 aliphatic heterocycles. The highest BCUT2D eigenvalue weighted by molar-refractivity contribution is 6.36. The third-order valence-corrected chi connectivity index (χ3v) is 3.51. The molecule has 0 fully saturated rings. The van der Waals surface area contributed by atoms with Crippen molar-refractivity contribution in [3.05, 3.63) is 56.2 Å². The number of anilines is 1. The molecule has 1 aliphatic rings. The molecular formula is C14H10N6O4. The number of ether oxygens (including phenoxy) is 1. The summed E-state index contributed by atoms with van der Waals surface area (Å²) in [4.78, 5) is 28.3. The van der Waals surface area contributed by atoms with Crippen LogP contribution in [-0.4, -0.2) is 22.9 Å². The molecule has 1 amide bonds. The molecule has 0 saturated heterocycles. The Morgan fingerprint density at radius 2 is 2.21 bits per heavy atom. The van der Waals surface area contributed by atoms with Gasteiger partial charge in [0.15, 0.2) is 0 Å². The highest BCUT2D eigenvalue weighted by Gasteiger charge is 2.31. The van der Waals surface area contributed by atoms with E-state index in [-0.39, 0.29) is 22.5 Å². The van der Waals surface area contributed by atoms with E-state index in [2.05, 4.69) is 20.3 Å². The van der Waals surface area contributed by atoms with Crippen molar-refractivity contribution < 1.29 is 14.5 Å². The Hall–Kier alpha value is -3.78. The van der Waals surface area contributed by atoms with Crippen molar-refractivity contribution in [2.75, 3.05) is 12.4 Å². The lowest BCUT2D eigenvalue weighted by Crippen LogP contribution is -2.03. The third-order valence-electron chi connectivity index (χ3n) is 3.51. The Kier molecular flexibility index (Phi) is 3.64. The molecular weight excluding hydrogens is 316 g/mol. The number of benzene rings is 1. The maximum atomic E-state index is 12.3. The summed E-state index contributed by atoms with van der Waals surface area (Å²) in [5.41, 5.74) is 9.30. The maximum Gasteiger partial charge on any atom is 0.279 e. The first-order valence-corrected chi connectivity index (χ1v) is 6.68. The molecule has 0 unspecified atom stereocenters. The van der Waals surface area contributed by atoms with Gasteiger partial charge in [0, 0.05) is 22.7 Å². The molecule has 10 heteroatoms. The highest BCUT2D eigenvalue weighted by Crippen LogP contribution is 2.45. The van der Waals surface area contributed by atoms with Crippen LogP contribution in [0.25, 0.3) is 22.1 Å². The molecule has 2 N–H and O–H groups in total. The summed E-state index contributed by atoms with van der Waals surface area (Å²) in [6, 6.07) is 4.25. The van der Waals surface area contributed by atoms with Crippen molar-refractivity contribution in [1.82, 2.24) is 4.98 Å². The number of carbonyl (C=O) groups is 1.